The number of nitriles is 1. The molecule has 2 amide bonds. The molecule has 0 aliphatic carbocycles. The van der Waals surface area contributed by atoms with E-state index in [1.165, 1.54) is 33.8 Å². The van der Waals surface area contributed by atoms with Gasteiger partial charge >= 0.3 is 5.97 Å². The van der Waals surface area contributed by atoms with Gasteiger partial charge in [0.1, 0.15) is 28.9 Å². The molecule has 0 bridgehead atoms. The summed E-state index contributed by atoms with van der Waals surface area (Å²) in [6.07, 6.45) is 1.87. The maximum Gasteiger partial charge on any atom is 0.356 e. The van der Waals surface area contributed by atoms with Gasteiger partial charge in [0.2, 0.25) is 0 Å². The Labute approximate surface area is 183 Å². The van der Waals surface area contributed by atoms with Crippen LogP contribution < -0.4 is 11.1 Å². The molecule has 3 rings (SSSR count). The molecular formula is C16H16N6O5S3. The van der Waals surface area contributed by atoms with Crippen LogP contribution in [0.25, 0.3) is 0 Å². The average molecular weight is 469 g/mol. The second-order valence-electron chi connectivity index (χ2n) is 6.00. The highest BCUT2D eigenvalue weighted by Crippen LogP contribution is 2.41. The van der Waals surface area contributed by atoms with Crippen molar-refractivity contribution >= 4 is 63.5 Å². The first kappa shape index (κ1) is 21.9. The molecule has 14 heteroatoms. The predicted molar refractivity (Wildman–Crippen MR) is 112 cm³/mol. The van der Waals surface area contributed by atoms with Crippen molar-refractivity contribution in [1.29, 1.82) is 5.26 Å². The van der Waals surface area contributed by atoms with Crippen LogP contribution >= 0.6 is 34.9 Å². The molecule has 11 nitrogen and oxygen atoms in total. The molecule has 2 aliphatic heterocycles. The minimum Gasteiger partial charge on any atom is -0.446 e. The summed E-state index contributed by atoms with van der Waals surface area (Å²) in [6, 6.07) is 0.797. The van der Waals surface area contributed by atoms with Gasteiger partial charge in [0.25, 0.3) is 11.8 Å². The molecule has 0 radical (unpaired) electrons. The quantitative estimate of drug-likeness (QED) is 0.162. The molecule has 0 saturated carbocycles. The first-order valence-corrected chi connectivity index (χ1v) is 11.7. The monoisotopic (exact) mass is 468 g/mol. The highest BCUT2D eigenvalue weighted by Gasteiger charge is 2.54. The van der Waals surface area contributed by atoms with Gasteiger partial charge in [0.15, 0.2) is 17.5 Å². The van der Waals surface area contributed by atoms with Crippen molar-refractivity contribution in [2.75, 3.05) is 30.1 Å². The zero-order valence-corrected chi connectivity index (χ0v) is 18.0. The molecule has 1 aromatic rings. The zero-order chi connectivity index (χ0) is 21.8. The second-order valence-corrected chi connectivity index (χ2v) is 8.86. The van der Waals surface area contributed by atoms with Gasteiger partial charge in [-0.15, -0.1) is 23.1 Å². The Bertz CT molecular complexity index is 984. The Balaban J connectivity index is 1.78. The number of oxime groups is 1. The van der Waals surface area contributed by atoms with Crippen LogP contribution in [-0.4, -0.2) is 74.4 Å². The van der Waals surface area contributed by atoms with E-state index in [-0.39, 0.29) is 22.2 Å². The summed E-state index contributed by atoms with van der Waals surface area (Å²) in [5.41, 5.74) is 6.09. The predicted octanol–water partition coefficient (Wildman–Crippen LogP) is -0.0126. The number of aromatic nitrogens is 1. The number of carbonyl (C=O) groups excluding carboxylic acids is 3. The molecule has 3 heterocycles. The van der Waals surface area contributed by atoms with Gasteiger partial charge in [0.05, 0.1) is 0 Å². The number of hydrogen-bond donors (Lipinski definition) is 3. The van der Waals surface area contributed by atoms with Crippen molar-refractivity contribution in [3.8, 4) is 6.07 Å². The van der Waals surface area contributed by atoms with E-state index in [0.717, 1.165) is 16.9 Å². The van der Waals surface area contributed by atoms with Gasteiger partial charge in [-0.2, -0.15) is 17.0 Å². The number of anilines is 1. The van der Waals surface area contributed by atoms with E-state index >= 15 is 0 Å². The molecule has 158 valence electrons. The number of nitrogens with zero attached hydrogens (tertiary/aromatic N) is 4. The molecule has 2 atom stereocenters. The number of nitrogen functional groups attached to an aromatic ring is 1. The summed E-state index contributed by atoms with van der Waals surface area (Å²) in [6.45, 7) is -0.429. The SMILES string of the molecule is CSCC1=C(C(=O)OCC#N)N2C(=O)C(NC(=O)C(=NO)c3csc(N)n3)[C@H]2SC1. The van der Waals surface area contributed by atoms with Crippen LogP contribution in [0.15, 0.2) is 21.8 Å². The summed E-state index contributed by atoms with van der Waals surface area (Å²) in [5.74, 6) is -1.07. The highest BCUT2D eigenvalue weighted by atomic mass is 32.2. The lowest BCUT2D eigenvalue weighted by atomic mass is 10.0. The van der Waals surface area contributed by atoms with Crippen LogP contribution in [0, 0.1) is 11.3 Å². The van der Waals surface area contributed by atoms with Crippen LogP contribution in [0.3, 0.4) is 0 Å². The fourth-order valence-corrected chi connectivity index (χ4v) is 5.55. The van der Waals surface area contributed by atoms with Gasteiger partial charge < -0.3 is 21.0 Å². The number of carbonyl (C=O) groups is 3. The number of fused-ring (bicyclic) bond motifs is 1. The minimum atomic E-state index is -0.926. The summed E-state index contributed by atoms with van der Waals surface area (Å²) in [5, 5.41) is 24.5. The number of thiazole rings is 1. The van der Waals surface area contributed by atoms with Crippen LogP contribution in [0.5, 0.6) is 0 Å². The topological polar surface area (TPSA) is 171 Å². The third-order valence-corrected chi connectivity index (χ3v) is 6.84. The van der Waals surface area contributed by atoms with Gasteiger partial charge in [-0.25, -0.2) is 9.78 Å². The van der Waals surface area contributed by atoms with Gasteiger partial charge in [0, 0.05) is 16.9 Å². The van der Waals surface area contributed by atoms with E-state index in [1.54, 1.807) is 6.07 Å². The lowest BCUT2D eigenvalue weighted by molar-refractivity contribution is -0.152. The van der Waals surface area contributed by atoms with E-state index in [2.05, 4.69) is 15.5 Å². The maximum atomic E-state index is 12.8. The number of amides is 2. The van der Waals surface area contributed by atoms with Gasteiger partial charge in [-0.3, -0.25) is 14.5 Å². The van der Waals surface area contributed by atoms with Crippen LogP contribution in [0.1, 0.15) is 5.69 Å². The van der Waals surface area contributed by atoms with E-state index in [9.17, 15) is 19.6 Å². The van der Waals surface area contributed by atoms with Crippen LogP contribution in [0.2, 0.25) is 0 Å². The van der Waals surface area contributed by atoms with Crippen LogP contribution in [0.4, 0.5) is 5.13 Å². The largest absolute Gasteiger partial charge is 0.446 e. The summed E-state index contributed by atoms with van der Waals surface area (Å²) < 4.78 is 4.91. The molecule has 2 aliphatic rings. The van der Waals surface area contributed by atoms with Gasteiger partial charge in [-0.1, -0.05) is 5.16 Å². The molecule has 0 aromatic carbocycles. The Kier molecular flexibility index (Phi) is 6.85. The number of β-lactam (4-membered cyclic amide) rings is 1. The zero-order valence-electron chi connectivity index (χ0n) is 15.5. The summed E-state index contributed by atoms with van der Waals surface area (Å²) in [7, 11) is 0. The van der Waals surface area contributed by atoms with Crippen molar-refractivity contribution in [3.05, 3.63) is 22.3 Å². The van der Waals surface area contributed by atoms with Crippen molar-refractivity contribution in [2.24, 2.45) is 5.16 Å². The molecule has 4 N–H and O–H groups in total. The molecule has 0 spiro atoms. The highest BCUT2D eigenvalue weighted by molar-refractivity contribution is 8.00. The molecule has 1 aromatic heterocycles. The van der Waals surface area contributed by atoms with Crippen molar-refractivity contribution < 1.29 is 24.3 Å². The number of nitrogens with one attached hydrogen (secondary N) is 1. The third kappa shape index (κ3) is 4.09. The third-order valence-electron chi connectivity index (χ3n) is 4.19. The standard InChI is InChI=1S/C16H16N6O5S3/c1-28-4-7-5-29-14-10(13(24)22(14)11(7)15(25)27-3-2-17)20-12(23)9(21-26)8-6-30-16(18)19-8/h6,10,14,26H,3-5H2,1H3,(H2,18,19)(H,20,23)/t10?,14-/m1/s1. The van der Waals surface area contributed by atoms with Crippen LogP contribution in [-0.2, 0) is 19.1 Å². The fourth-order valence-electron chi connectivity index (χ4n) is 2.94. The molecule has 1 saturated heterocycles. The molecular weight excluding hydrogens is 452 g/mol. The van der Waals surface area contributed by atoms with Crippen molar-refractivity contribution in [1.82, 2.24) is 15.2 Å². The molecule has 1 unspecified atom stereocenters. The lowest BCUT2D eigenvalue weighted by Crippen LogP contribution is -2.71. The molecule has 1 fully saturated rings. The normalized spacial score (nSPS) is 20.9. The van der Waals surface area contributed by atoms with E-state index in [1.807, 2.05) is 6.26 Å². The first-order chi connectivity index (χ1) is 14.4. The fraction of sp³-hybridized carbons (Fsp3) is 0.375. The number of hydrogen-bond acceptors (Lipinski definition) is 12. The van der Waals surface area contributed by atoms with E-state index in [4.69, 9.17) is 15.7 Å². The Morgan fingerprint density at radius 3 is 2.97 bits per heavy atom. The summed E-state index contributed by atoms with van der Waals surface area (Å²) in [4.78, 5) is 42.9. The van der Waals surface area contributed by atoms with E-state index < -0.39 is 35.8 Å². The smallest absolute Gasteiger partial charge is 0.356 e. The molecule has 30 heavy (non-hydrogen) atoms. The Morgan fingerprint density at radius 1 is 1.60 bits per heavy atom. The lowest BCUT2D eigenvalue weighted by Gasteiger charge is -2.49. The number of rotatable bonds is 7. The Morgan fingerprint density at radius 2 is 2.37 bits per heavy atom. The maximum absolute atomic E-state index is 12.8. The minimum absolute atomic E-state index is 0.0837. The van der Waals surface area contributed by atoms with Gasteiger partial charge in [-0.05, 0) is 11.8 Å². The second kappa shape index (κ2) is 9.37. The number of thioether (sulfide) groups is 2. The van der Waals surface area contributed by atoms with E-state index in [0.29, 0.717) is 11.5 Å². The number of nitrogens with two attached hydrogens (primary N) is 1. The Hall–Kier alpha value is -2.76. The first-order valence-electron chi connectivity index (χ1n) is 8.36. The summed E-state index contributed by atoms with van der Waals surface area (Å²) >= 11 is 3.95. The van der Waals surface area contributed by atoms with Crippen molar-refractivity contribution in [3.63, 3.8) is 0 Å². The average Bonchev–Trinajstić information content (AvgIpc) is 3.16. The number of ether oxygens (including phenoxy) is 1. The van der Waals surface area contributed by atoms with Crippen molar-refractivity contribution in [2.45, 2.75) is 11.4 Å². The number of esters is 1.